The normalized spacial score (nSPS) is 10.4. The van der Waals surface area contributed by atoms with Crippen molar-refractivity contribution >= 4 is 5.97 Å². The Bertz CT molecular complexity index is 191. The fraction of sp³-hybridized carbons (Fsp3) is 0.786. The summed E-state index contributed by atoms with van der Waals surface area (Å²) < 4.78 is 0. The zero-order valence-corrected chi connectivity index (χ0v) is 12.0. The quantitative estimate of drug-likeness (QED) is 0.447. The van der Waals surface area contributed by atoms with E-state index in [1.54, 1.807) is 0 Å². The van der Waals surface area contributed by atoms with E-state index in [1.165, 1.54) is 44.9 Å². The number of allylic oxidation sites excluding steroid dienone is 2. The Morgan fingerprint density at radius 2 is 1.47 bits per heavy atom. The van der Waals surface area contributed by atoms with E-state index in [2.05, 4.69) is 19.1 Å². The van der Waals surface area contributed by atoms with E-state index in [9.17, 15) is 4.79 Å². The minimum Gasteiger partial charge on any atom is -0.481 e. The number of hydrogen-bond donors (Lipinski definition) is 1. The number of aliphatic carboxylic acids is 1. The Hall–Kier alpha value is -0.284. The third kappa shape index (κ3) is 18.3. The summed E-state index contributed by atoms with van der Waals surface area (Å²) >= 11 is 0. The first-order valence-corrected chi connectivity index (χ1v) is 6.64. The van der Waals surface area contributed by atoms with Crippen LogP contribution < -0.4 is 0 Å². The van der Waals surface area contributed by atoms with E-state index in [-0.39, 0.29) is 16.8 Å². The molecule has 0 atom stereocenters. The van der Waals surface area contributed by atoms with E-state index < -0.39 is 5.97 Å². The van der Waals surface area contributed by atoms with Crippen molar-refractivity contribution in [2.24, 2.45) is 0 Å². The molecule has 2 nitrogen and oxygen atoms in total. The minimum atomic E-state index is -0.668. The van der Waals surface area contributed by atoms with Gasteiger partial charge in [0.15, 0.2) is 0 Å². The van der Waals surface area contributed by atoms with Gasteiger partial charge in [0.2, 0.25) is 0 Å². The first-order chi connectivity index (χ1) is 7.77. The van der Waals surface area contributed by atoms with Crippen LogP contribution >= 0.6 is 0 Å². The maximum atomic E-state index is 10.3. The molecule has 0 amide bonds. The number of rotatable bonds is 11. The van der Waals surface area contributed by atoms with Gasteiger partial charge in [0.25, 0.3) is 0 Å². The molecule has 1 N–H and O–H groups in total. The van der Waals surface area contributed by atoms with Crippen LogP contribution in [0.5, 0.6) is 0 Å². The number of carboxylic acids is 1. The van der Waals surface area contributed by atoms with Crippen LogP contribution in [0.15, 0.2) is 12.2 Å². The predicted octanol–water partition coefficient (Wildman–Crippen LogP) is 4.55. The number of hydrogen-bond acceptors (Lipinski definition) is 1. The number of carboxylic acid groups (broad SMARTS) is 1. The first-order valence-electron chi connectivity index (χ1n) is 6.64. The molecule has 0 unspecified atom stereocenters. The average Bonchev–Trinajstić information content (AvgIpc) is 2.25. The topological polar surface area (TPSA) is 37.3 Å². The van der Waals surface area contributed by atoms with Crippen molar-refractivity contribution in [3.63, 3.8) is 0 Å². The molecular formula is C14H26CoO2. The summed E-state index contributed by atoms with van der Waals surface area (Å²) in [6.07, 6.45) is 15.4. The van der Waals surface area contributed by atoms with E-state index >= 15 is 0 Å². The predicted molar refractivity (Wildman–Crippen MR) is 68.6 cm³/mol. The molecular weight excluding hydrogens is 259 g/mol. The molecule has 0 saturated heterocycles. The van der Waals surface area contributed by atoms with E-state index in [1.807, 2.05) is 0 Å². The Morgan fingerprint density at radius 3 is 2.06 bits per heavy atom. The van der Waals surface area contributed by atoms with Gasteiger partial charge < -0.3 is 5.11 Å². The van der Waals surface area contributed by atoms with Crippen LogP contribution in [0.3, 0.4) is 0 Å². The molecule has 0 aliphatic heterocycles. The largest absolute Gasteiger partial charge is 0.481 e. The third-order valence-electron chi connectivity index (χ3n) is 2.65. The molecule has 3 heteroatoms. The van der Waals surface area contributed by atoms with Crippen molar-refractivity contribution in [2.75, 3.05) is 0 Å². The smallest absolute Gasteiger partial charge is 0.303 e. The Balaban J connectivity index is 0. The molecule has 0 bridgehead atoms. The summed E-state index contributed by atoms with van der Waals surface area (Å²) in [6, 6.07) is 0. The van der Waals surface area contributed by atoms with Crippen LogP contribution in [0, 0.1) is 0 Å². The van der Waals surface area contributed by atoms with Gasteiger partial charge in [-0.3, -0.25) is 4.79 Å². The van der Waals surface area contributed by atoms with E-state index in [4.69, 9.17) is 5.11 Å². The molecule has 0 aliphatic carbocycles. The molecule has 0 saturated carbocycles. The summed E-state index contributed by atoms with van der Waals surface area (Å²) in [5.74, 6) is -0.668. The van der Waals surface area contributed by atoms with Gasteiger partial charge in [-0.05, 0) is 25.7 Å². The van der Waals surface area contributed by atoms with Crippen molar-refractivity contribution in [3.05, 3.63) is 12.2 Å². The second-order valence-corrected chi connectivity index (χ2v) is 4.31. The van der Waals surface area contributed by atoms with Gasteiger partial charge in [0, 0.05) is 23.2 Å². The SMILES string of the molecule is CCCCC=CCCCCCCCC(=O)O.[Co]. The number of carbonyl (C=O) groups is 1. The summed E-state index contributed by atoms with van der Waals surface area (Å²) in [5.41, 5.74) is 0. The second-order valence-electron chi connectivity index (χ2n) is 4.31. The molecule has 0 rings (SSSR count). The fourth-order valence-electron chi connectivity index (χ4n) is 1.63. The van der Waals surface area contributed by atoms with E-state index in [0.717, 1.165) is 12.8 Å². The van der Waals surface area contributed by atoms with Crippen molar-refractivity contribution in [1.82, 2.24) is 0 Å². The monoisotopic (exact) mass is 285 g/mol. The summed E-state index contributed by atoms with van der Waals surface area (Å²) in [7, 11) is 0. The van der Waals surface area contributed by atoms with Gasteiger partial charge in [-0.2, -0.15) is 0 Å². The molecule has 1 radical (unpaired) electrons. The van der Waals surface area contributed by atoms with Crippen LogP contribution in [0.1, 0.15) is 71.1 Å². The van der Waals surface area contributed by atoms with Crippen molar-refractivity contribution in [3.8, 4) is 0 Å². The van der Waals surface area contributed by atoms with Crippen molar-refractivity contribution in [2.45, 2.75) is 71.1 Å². The Morgan fingerprint density at radius 1 is 0.941 bits per heavy atom. The van der Waals surface area contributed by atoms with Gasteiger partial charge in [-0.1, -0.05) is 51.2 Å². The average molecular weight is 285 g/mol. The summed E-state index contributed by atoms with van der Waals surface area (Å²) in [5, 5.41) is 8.45. The second kappa shape index (κ2) is 15.7. The summed E-state index contributed by atoms with van der Waals surface area (Å²) in [6.45, 7) is 2.21. The van der Waals surface area contributed by atoms with Gasteiger partial charge in [-0.15, -0.1) is 0 Å². The zero-order valence-electron chi connectivity index (χ0n) is 10.9. The standard InChI is InChI=1S/C14H26O2.Co/c1-2-3-4-5-6-7-8-9-10-11-12-13-14(15)16;/h5-6H,2-4,7-13H2,1H3,(H,15,16);. The molecule has 0 fully saturated rings. The maximum Gasteiger partial charge on any atom is 0.303 e. The van der Waals surface area contributed by atoms with Crippen LogP contribution in [0.25, 0.3) is 0 Å². The Labute approximate surface area is 116 Å². The third-order valence-corrected chi connectivity index (χ3v) is 2.65. The van der Waals surface area contributed by atoms with Gasteiger partial charge in [0.05, 0.1) is 0 Å². The Kier molecular flexibility index (Phi) is 17.6. The molecule has 0 spiro atoms. The van der Waals surface area contributed by atoms with E-state index in [0.29, 0.717) is 6.42 Å². The maximum absolute atomic E-state index is 10.3. The van der Waals surface area contributed by atoms with Crippen LogP contribution in [-0.4, -0.2) is 11.1 Å². The fourth-order valence-corrected chi connectivity index (χ4v) is 1.63. The van der Waals surface area contributed by atoms with Crippen LogP contribution in [-0.2, 0) is 21.6 Å². The minimum absolute atomic E-state index is 0. The molecule has 0 aromatic heterocycles. The molecule has 0 aromatic carbocycles. The molecule has 0 heterocycles. The summed E-state index contributed by atoms with van der Waals surface area (Å²) in [4.78, 5) is 10.3. The van der Waals surface area contributed by atoms with Gasteiger partial charge in [-0.25, -0.2) is 0 Å². The van der Waals surface area contributed by atoms with Crippen molar-refractivity contribution < 1.29 is 26.7 Å². The van der Waals surface area contributed by atoms with Gasteiger partial charge in [0.1, 0.15) is 0 Å². The van der Waals surface area contributed by atoms with Crippen LogP contribution in [0.4, 0.5) is 0 Å². The van der Waals surface area contributed by atoms with Crippen LogP contribution in [0.2, 0.25) is 0 Å². The molecule has 17 heavy (non-hydrogen) atoms. The molecule has 0 aliphatic rings. The molecule has 0 aromatic rings. The zero-order chi connectivity index (χ0) is 12.1. The number of unbranched alkanes of at least 4 members (excludes halogenated alkanes) is 7. The first kappa shape index (κ1) is 19.1. The van der Waals surface area contributed by atoms with Gasteiger partial charge >= 0.3 is 5.97 Å². The van der Waals surface area contributed by atoms with Crippen molar-refractivity contribution in [1.29, 1.82) is 0 Å². The molecule has 103 valence electrons.